The Bertz CT molecular complexity index is 841. The van der Waals surface area contributed by atoms with Crippen LogP contribution >= 0.6 is 11.6 Å². The summed E-state index contributed by atoms with van der Waals surface area (Å²) in [6, 6.07) is 11.8. The second kappa shape index (κ2) is 5.22. The number of hydrogen-bond acceptors (Lipinski definition) is 1. The van der Waals surface area contributed by atoms with Gasteiger partial charge in [-0.25, -0.2) is 4.39 Å². The number of halogens is 2. The molecule has 1 heterocycles. The van der Waals surface area contributed by atoms with Crippen LogP contribution in [0.4, 0.5) is 4.39 Å². The Morgan fingerprint density at radius 3 is 2.76 bits per heavy atom. The van der Waals surface area contributed by atoms with Crippen LogP contribution in [0.15, 0.2) is 48.7 Å². The van der Waals surface area contributed by atoms with Crippen LogP contribution in [-0.4, -0.2) is 10.5 Å². The molecule has 2 aromatic carbocycles. The van der Waals surface area contributed by atoms with E-state index in [1.165, 1.54) is 6.07 Å². The molecule has 3 aromatic rings. The molecule has 0 unspecified atom stereocenters. The largest absolute Gasteiger partial charge is 0.366 e. The third-order valence-electron chi connectivity index (χ3n) is 3.42. The molecule has 2 N–H and O–H groups in total. The number of para-hydroxylation sites is 1. The molecule has 0 saturated heterocycles. The lowest BCUT2D eigenvalue weighted by Crippen LogP contribution is -2.12. The highest BCUT2D eigenvalue weighted by Gasteiger charge is 2.10. The maximum Gasteiger partial charge on any atom is 0.248 e. The number of carbonyl (C=O) groups excluding carboxylic acids is 1. The zero-order valence-electron chi connectivity index (χ0n) is 11.0. The highest BCUT2D eigenvalue weighted by atomic mass is 35.5. The molecule has 0 saturated carbocycles. The Morgan fingerprint density at radius 2 is 2.05 bits per heavy atom. The monoisotopic (exact) mass is 302 g/mol. The number of amides is 1. The topological polar surface area (TPSA) is 48.0 Å². The molecular weight excluding hydrogens is 291 g/mol. The standard InChI is InChI=1S/C16H12ClFN2O/c17-13-3-1-2-10-6-7-20(15(10)13)9-12-5-4-11(16(19)21)8-14(12)18/h1-8H,9H2,(H2,19,21). The maximum atomic E-state index is 14.0. The molecule has 1 amide bonds. The van der Waals surface area contributed by atoms with Crippen molar-refractivity contribution in [2.24, 2.45) is 5.73 Å². The van der Waals surface area contributed by atoms with Crippen molar-refractivity contribution >= 4 is 28.4 Å². The van der Waals surface area contributed by atoms with Gasteiger partial charge in [0.15, 0.2) is 0 Å². The molecule has 0 atom stereocenters. The van der Waals surface area contributed by atoms with Crippen molar-refractivity contribution in [1.29, 1.82) is 0 Å². The van der Waals surface area contributed by atoms with Gasteiger partial charge in [-0.05, 0) is 24.3 Å². The van der Waals surface area contributed by atoms with E-state index < -0.39 is 11.7 Å². The average Bonchev–Trinajstić information content (AvgIpc) is 2.85. The second-order valence-corrected chi connectivity index (χ2v) is 5.20. The number of fused-ring (bicyclic) bond motifs is 1. The maximum absolute atomic E-state index is 14.0. The predicted molar refractivity (Wildman–Crippen MR) is 81.0 cm³/mol. The summed E-state index contributed by atoms with van der Waals surface area (Å²) in [7, 11) is 0. The van der Waals surface area contributed by atoms with Gasteiger partial charge >= 0.3 is 0 Å². The van der Waals surface area contributed by atoms with Crippen LogP contribution in [0.5, 0.6) is 0 Å². The van der Waals surface area contributed by atoms with Gasteiger partial charge in [0.1, 0.15) is 5.82 Å². The first-order chi connectivity index (χ1) is 10.1. The van der Waals surface area contributed by atoms with Crippen LogP contribution < -0.4 is 5.73 Å². The fraction of sp³-hybridized carbons (Fsp3) is 0.0625. The summed E-state index contributed by atoms with van der Waals surface area (Å²) in [4.78, 5) is 11.0. The molecule has 0 fully saturated rings. The van der Waals surface area contributed by atoms with Crippen molar-refractivity contribution in [3.8, 4) is 0 Å². The third-order valence-corrected chi connectivity index (χ3v) is 3.72. The lowest BCUT2D eigenvalue weighted by molar-refractivity contribution is 0.1000. The van der Waals surface area contributed by atoms with Crippen LogP contribution in [0, 0.1) is 5.82 Å². The van der Waals surface area contributed by atoms with Crippen molar-refractivity contribution in [3.05, 3.63) is 70.6 Å². The van der Waals surface area contributed by atoms with Crippen molar-refractivity contribution in [3.63, 3.8) is 0 Å². The van der Waals surface area contributed by atoms with Gasteiger partial charge in [-0.15, -0.1) is 0 Å². The molecule has 0 spiro atoms. The smallest absolute Gasteiger partial charge is 0.248 e. The molecule has 0 aliphatic rings. The first-order valence-electron chi connectivity index (χ1n) is 6.38. The normalized spacial score (nSPS) is 11.0. The average molecular weight is 303 g/mol. The summed E-state index contributed by atoms with van der Waals surface area (Å²) >= 11 is 6.20. The van der Waals surface area contributed by atoms with Crippen LogP contribution in [0.2, 0.25) is 5.02 Å². The first-order valence-corrected chi connectivity index (χ1v) is 6.75. The Morgan fingerprint density at radius 1 is 1.24 bits per heavy atom. The van der Waals surface area contributed by atoms with E-state index in [1.807, 2.05) is 29.0 Å². The summed E-state index contributed by atoms with van der Waals surface area (Å²) in [5.74, 6) is -1.10. The predicted octanol–water partition coefficient (Wildman–Crippen LogP) is 3.58. The van der Waals surface area contributed by atoms with Gasteiger partial charge < -0.3 is 10.3 Å². The lowest BCUT2D eigenvalue weighted by atomic mass is 10.1. The van der Waals surface area contributed by atoms with Gasteiger partial charge in [0, 0.05) is 22.7 Å². The zero-order chi connectivity index (χ0) is 15.0. The SMILES string of the molecule is NC(=O)c1ccc(Cn2ccc3cccc(Cl)c32)c(F)c1. The van der Waals surface area contributed by atoms with Crippen LogP contribution in [0.25, 0.3) is 10.9 Å². The fourth-order valence-corrected chi connectivity index (χ4v) is 2.65. The molecule has 0 radical (unpaired) electrons. The van der Waals surface area contributed by atoms with Gasteiger partial charge in [-0.2, -0.15) is 0 Å². The summed E-state index contributed by atoms with van der Waals surface area (Å²) in [5.41, 5.74) is 6.62. The first kappa shape index (κ1) is 13.6. The summed E-state index contributed by atoms with van der Waals surface area (Å²) < 4.78 is 15.9. The highest BCUT2D eigenvalue weighted by Crippen LogP contribution is 2.25. The molecule has 3 rings (SSSR count). The lowest BCUT2D eigenvalue weighted by Gasteiger charge is -2.09. The molecule has 106 valence electrons. The second-order valence-electron chi connectivity index (χ2n) is 4.79. The quantitative estimate of drug-likeness (QED) is 0.790. The number of nitrogens with zero attached hydrogens (tertiary/aromatic N) is 1. The van der Waals surface area contributed by atoms with Gasteiger partial charge in [0.2, 0.25) is 5.91 Å². The van der Waals surface area contributed by atoms with Crippen molar-refractivity contribution in [2.75, 3.05) is 0 Å². The van der Waals surface area contributed by atoms with E-state index >= 15 is 0 Å². The zero-order valence-corrected chi connectivity index (χ0v) is 11.8. The highest BCUT2D eigenvalue weighted by molar-refractivity contribution is 6.35. The van der Waals surface area contributed by atoms with Crippen molar-refractivity contribution < 1.29 is 9.18 Å². The number of aromatic nitrogens is 1. The Labute approximate surface area is 125 Å². The minimum atomic E-state index is -0.644. The van der Waals surface area contributed by atoms with E-state index in [9.17, 15) is 9.18 Å². The molecule has 0 aliphatic heterocycles. The number of benzene rings is 2. The molecular formula is C16H12ClFN2O. The van der Waals surface area contributed by atoms with Crippen molar-refractivity contribution in [1.82, 2.24) is 4.57 Å². The molecule has 1 aromatic heterocycles. The van der Waals surface area contributed by atoms with Gasteiger partial charge in [-0.1, -0.05) is 29.8 Å². The number of primary amides is 1. The van der Waals surface area contributed by atoms with E-state index in [1.54, 1.807) is 12.1 Å². The molecule has 0 bridgehead atoms. The van der Waals surface area contributed by atoms with Gasteiger partial charge in [0.05, 0.1) is 17.1 Å². The van der Waals surface area contributed by atoms with Crippen LogP contribution in [-0.2, 0) is 6.54 Å². The van der Waals surface area contributed by atoms with Gasteiger partial charge in [0.25, 0.3) is 0 Å². The van der Waals surface area contributed by atoms with E-state index in [0.717, 1.165) is 17.0 Å². The summed E-state index contributed by atoms with van der Waals surface area (Å²) in [6.45, 7) is 0.331. The molecule has 21 heavy (non-hydrogen) atoms. The molecule has 0 aliphatic carbocycles. The van der Waals surface area contributed by atoms with Crippen LogP contribution in [0.1, 0.15) is 15.9 Å². The summed E-state index contributed by atoms with van der Waals surface area (Å²) in [6.07, 6.45) is 1.86. The number of nitrogens with two attached hydrogens (primary N) is 1. The summed E-state index contributed by atoms with van der Waals surface area (Å²) in [5, 5.41) is 1.61. The van der Waals surface area contributed by atoms with E-state index in [4.69, 9.17) is 17.3 Å². The molecule has 3 nitrogen and oxygen atoms in total. The Balaban J connectivity index is 2.01. The van der Waals surface area contributed by atoms with E-state index in [0.29, 0.717) is 17.1 Å². The third kappa shape index (κ3) is 2.50. The fourth-order valence-electron chi connectivity index (χ4n) is 2.36. The van der Waals surface area contributed by atoms with Crippen molar-refractivity contribution in [2.45, 2.75) is 6.54 Å². The molecule has 5 heteroatoms. The van der Waals surface area contributed by atoms with Gasteiger partial charge in [-0.3, -0.25) is 4.79 Å². The number of rotatable bonds is 3. The van der Waals surface area contributed by atoms with E-state index in [2.05, 4.69) is 0 Å². The Kier molecular flexibility index (Phi) is 3.39. The minimum absolute atomic E-state index is 0.159. The van der Waals surface area contributed by atoms with E-state index in [-0.39, 0.29) is 5.56 Å². The number of hydrogen-bond donors (Lipinski definition) is 1. The number of carbonyl (C=O) groups is 1. The minimum Gasteiger partial charge on any atom is -0.366 e. The Hall–Kier alpha value is -2.33. The van der Waals surface area contributed by atoms with Crippen LogP contribution in [0.3, 0.4) is 0 Å².